The van der Waals surface area contributed by atoms with Gasteiger partial charge in [0, 0.05) is 24.0 Å². The Morgan fingerprint density at radius 1 is 1.31 bits per heavy atom. The van der Waals surface area contributed by atoms with Crippen molar-refractivity contribution in [3.63, 3.8) is 0 Å². The van der Waals surface area contributed by atoms with E-state index in [1.807, 2.05) is 35.7 Å². The van der Waals surface area contributed by atoms with Crippen molar-refractivity contribution in [1.82, 2.24) is 20.2 Å². The van der Waals surface area contributed by atoms with Gasteiger partial charge in [0.25, 0.3) is 5.91 Å². The van der Waals surface area contributed by atoms with E-state index in [9.17, 15) is 9.59 Å². The zero-order valence-electron chi connectivity index (χ0n) is 16.1. The number of hydrogen-bond donors (Lipinski definition) is 1. The molecule has 150 valence electrons. The Morgan fingerprint density at radius 3 is 2.90 bits per heavy atom. The van der Waals surface area contributed by atoms with Gasteiger partial charge in [0.1, 0.15) is 5.01 Å². The first-order chi connectivity index (χ1) is 14.1. The Hall–Kier alpha value is -3.00. The van der Waals surface area contributed by atoms with E-state index in [0.717, 1.165) is 29.1 Å². The molecular weight excluding hydrogens is 388 g/mol. The molecule has 1 fully saturated rings. The Bertz CT molecular complexity index is 998. The van der Waals surface area contributed by atoms with Crippen LogP contribution in [0.3, 0.4) is 0 Å². The lowest BCUT2D eigenvalue weighted by molar-refractivity contribution is -0.126. The normalized spacial score (nSPS) is 16.6. The van der Waals surface area contributed by atoms with E-state index in [-0.39, 0.29) is 23.5 Å². The highest BCUT2D eigenvalue weighted by molar-refractivity contribution is 7.09. The van der Waals surface area contributed by atoms with Gasteiger partial charge in [-0.1, -0.05) is 30.3 Å². The van der Waals surface area contributed by atoms with Gasteiger partial charge in [0.2, 0.25) is 11.7 Å². The third kappa shape index (κ3) is 4.37. The molecule has 0 unspecified atom stereocenters. The molecule has 1 aliphatic heterocycles. The molecule has 1 aliphatic rings. The molecule has 8 heteroatoms. The number of benzene rings is 1. The Morgan fingerprint density at radius 2 is 2.14 bits per heavy atom. The molecule has 7 nitrogen and oxygen atoms in total. The molecule has 1 aromatic carbocycles. The molecule has 3 heterocycles. The fraction of sp³-hybridized carbons (Fsp3) is 0.333. The van der Waals surface area contributed by atoms with Gasteiger partial charge in [-0.15, -0.1) is 11.3 Å². The van der Waals surface area contributed by atoms with Gasteiger partial charge in [-0.3, -0.25) is 9.59 Å². The number of likely N-dealkylation sites (tertiary alicyclic amines) is 1. The van der Waals surface area contributed by atoms with Crippen molar-refractivity contribution in [3.05, 3.63) is 58.6 Å². The predicted molar refractivity (Wildman–Crippen MR) is 109 cm³/mol. The van der Waals surface area contributed by atoms with Crippen molar-refractivity contribution >= 4 is 23.2 Å². The van der Waals surface area contributed by atoms with Crippen LogP contribution in [0.4, 0.5) is 0 Å². The quantitative estimate of drug-likeness (QED) is 0.697. The van der Waals surface area contributed by atoms with Gasteiger partial charge in [-0.25, -0.2) is 9.97 Å². The molecule has 0 saturated carbocycles. The number of thiazole rings is 1. The van der Waals surface area contributed by atoms with Gasteiger partial charge >= 0.3 is 0 Å². The van der Waals surface area contributed by atoms with Crippen molar-refractivity contribution in [2.45, 2.75) is 26.3 Å². The monoisotopic (exact) mass is 410 g/mol. The third-order valence-electron chi connectivity index (χ3n) is 5.05. The van der Waals surface area contributed by atoms with Gasteiger partial charge in [-0.2, -0.15) is 0 Å². The summed E-state index contributed by atoms with van der Waals surface area (Å²) in [6.07, 6.45) is 2.82. The van der Waals surface area contributed by atoms with Gasteiger partial charge in [-0.05, 0) is 19.8 Å². The van der Waals surface area contributed by atoms with Crippen LogP contribution in [0.1, 0.15) is 34.1 Å². The Balaban J connectivity index is 1.33. The van der Waals surface area contributed by atoms with Crippen LogP contribution in [0.25, 0.3) is 11.3 Å². The number of carbonyl (C=O) groups excluding carboxylic acids is 2. The molecular formula is C21H22N4O3S. The largest absolute Gasteiger partial charge is 0.438 e. The molecule has 1 saturated heterocycles. The van der Waals surface area contributed by atoms with E-state index in [2.05, 4.69) is 15.3 Å². The topological polar surface area (TPSA) is 88.3 Å². The first kappa shape index (κ1) is 19.3. The van der Waals surface area contributed by atoms with Gasteiger partial charge < -0.3 is 14.6 Å². The average Bonchev–Trinajstić information content (AvgIpc) is 3.41. The zero-order chi connectivity index (χ0) is 20.2. The molecule has 0 aliphatic carbocycles. The SMILES string of the molecule is Cc1ncoc1C(=O)N1CCC[C@H](C(=O)NCc2nc(-c3ccccc3)cs2)C1. The highest BCUT2D eigenvalue weighted by Crippen LogP contribution is 2.22. The molecule has 29 heavy (non-hydrogen) atoms. The minimum atomic E-state index is -0.232. The number of amides is 2. The van der Waals surface area contributed by atoms with E-state index in [1.165, 1.54) is 17.7 Å². The highest BCUT2D eigenvalue weighted by Gasteiger charge is 2.30. The smallest absolute Gasteiger partial charge is 0.291 e. The van der Waals surface area contributed by atoms with E-state index < -0.39 is 0 Å². The van der Waals surface area contributed by atoms with Crippen LogP contribution in [0.15, 0.2) is 46.5 Å². The summed E-state index contributed by atoms with van der Waals surface area (Å²) in [5.41, 5.74) is 2.54. The maximum Gasteiger partial charge on any atom is 0.291 e. The van der Waals surface area contributed by atoms with Crippen LogP contribution in [0.2, 0.25) is 0 Å². The lowest BCUT2D eigenvalue weighted by Crippen LogP contribution is -2.45. The summed E-state index contributed by atoms with van der Waals surface area (Å²) in [6.45, 7) is 3.14. The van der Waals surface area contributed by atoms with Crippen molar-refractivity contribution in [2.75, 3.05) is 13.1 Å². The first-order valence-corrected chi connectivity index (χ1v) is 10.5. The second-order valence-electron chi connectivity index (χ2n) is 7.07. The third-order valence-corrected chi connectivity index (χ3v) is 5.90. The Kier molecular flexibility index (Phi) is 5.71. The van der Waals surface area contributed by atoms with Crippen molar-refractivity contribution in [1.29, 1.82) is 0 Å². The van der Waals surface area contributed by atoms with Crippen LogP contribution in [0, 0.1) is 12.8 Å². The Labute approximate surface area is 172 Å². The predicted octanol–water partition coefficient (Wildman–Crippen LogP) is 3.28. The number of oxazole rings is 1. The summed E-state index contributed by atoms with van der Waals surface area (Å²) in [5.74, 6) is -0.232. The van der Waals surface area contributed by atoms with E-state index >= 15 is 0 Å². The summed E-state index contributed by atoms with van der Waals surface area (Å²) in [6, 6.07) is 9.96. The minimum absolute atomic E-state index is 0.0479. The van der Waals surface area contributed by atoms with Crippen LogP contribution in [-0.4, -0.2) is 39.8 Å². The number of rotatable bonds is 5. The van der Waals surface area contributed by atoms with Crippen molar-refractivity contribution in [2.24, 2.45) is 5.92 Å². The molecule has 2 aromatic heterocycles. The summed E-state index contributed by atoms with van der Waals surface area (Å²) in [5, 5.41) is 5.83. The number of nitrogens with zero attached hydrogens (tertiary/aromatic N) is 3. The average molecular weight is 410 g/mol. The molecule has 1 atom stereocenters. The molecule has 0 radical (unpaired) electrons. The summed E-state index contributed by atoms with van der Waals surface area (Å²) in [7, 11) is 0. The first-order valence-electron chi connectivity index (χ1n) is 9.58. The second kappa shape index (κ2) is 8.57. The summed E-state index contributed by atoms with van der Waals surface area (Å²) >= 11 is 1.53. The lowest BCUT2D eigenvalue weighted by Gasteiger charge is -2.31. The molecule has 2 amide bonds. The van der Waals surface area contributed by atoms with Crippen molar-refractivity contribution < 1.29 is 14.0 Å². The molecule has 1 N–H and O–H groups in total. The number of nitrogens with one attached hydrogen (secondary N) is 1. The number of aryl methyl sites for hydroxylation is 1. The highest BCUT2D eigenvalue weighted by atomic mass is 32.1. The van der Waals surface area contributed by atoms with Gasteiger partial charge in [0.05, 0.1) is 23.9 Å². The number of aromatic nitrogens is 2. The van der Waals surface area contributed by atoms with E-state index in [4.69, 9.17) is 4.42 Å². The van der Waals surface area contributed by atoms with Crippen LogP contribution >= 0.6 is 11.3 Å². The maximum absolute atomic E-state index is 12.7. The molecule has 0 bridgehead atoms. The van der Waals surface area contributed by atoms with Crippen LogP contribution < -0.4 is 5.32 Å². The van der Waals surface area contributed by atoms with Gasteiger partial charge in [0.15, 0.2) is 6.39 Å². The minimum Gasteiger partial charge on any atom is -0.438 e. The van der Waals surface area contributed by atoms with Crippen LogP contribution in [-0.2, 0) is 11.3 Å². The molecule has 4 rings (SSSR count). The lowest BCUT2D eigenvalue weighted by atomic mass is 9.97. The zero-order valence-corrected chi connectivity index (χ0v) is 16.9. The summed E-state index contributed by atoms with van der Waals surface area (Å²) < 4.78 is 5.21. The van der Waals surface area contributed by atoms with E-state index in [0.29, 0.717) is 25.3 Å². The molecule has 3 aromatic rings. The number of carbonyl (C=O) groups is 2. The number of hydrogen-bond acceptors (Lipinski definition) is 6. The fourth-order valence-electron chi connectivity index (χ4n) is 3.47. The number of piperidine rings is 1. The maximum atomic E-state index is 12.7. The second-order valence-corrected chi connectivity index (χ2v) is 8.01. The van der Waals surface area contributed by atoms with Crippen LogP contribution in [0.5, 0.6) is 0 Å². The van der Waals surface area contributed by atoms with Crippen molar-refractivity contribution in [3.8, 4) is 11.3 Å². The standard InChI is InChI=1S/C21H22N4O3S/c1-14-19(28-13-23-14)21(27)25-9-5-8-16(11-25)20(26)22-10-18-24-17(12-29-18)15-6-3-2-4-7-15/h2-4,6-7,12-13,16H,5,8-11H2,1H3,(H,22,26)/t16-/m0/s1. The van der Waals surface area contributed by atoms with E-state index in [1.54, 1.807) is 11.8 Å². The fourth-order valence-corrected chi connectivity index (χ4v) is 4.21. The molecule has 0 spiro atoms. The summed E-state index contributed by atoms with van der Waals surface area (Å²) in [4.78, 5) is 35.5.